The molecule has 3 amide bonds. The second-order valence-electron chi connectivity index (χ2n) is 12.1. The molecule has 3 saturated heterocycles. The summed E-state index contributed by atoms with van der Waals surface area (Å²) in [6, 6.07) is 11.2. The molecule has 0 spiro atoms. The van der Waals surface area contributed by atoms with Crippen molar-refractivity contribution in [2.75, 3.05) is 45.8 Å². The third-order valence-corrected chi connectivity index (χ3v) is 9.08. The van der Waals surface area contributed by atoms with Gasteiger partial charge in [-0.2, -0.15) is 0 Å². The number of piperidine rings is 1. The van der Waals surface area contributed by atoms with Crippen LogP contribution in [0.25, 0.3) is 0 Å². The number of fused-ring (bicyclic) bond motifs is 1. The van der Waals surface area contributed by atoms with E-state index in [0.717, 1.165) is 76.5 Å². The molecule has 3 atom stereocenters. The number of aromatic nitrogens is 2. The number of aryl methyl sites for hydroxylation is 2. The number of carbonyl (C=O) groups is 2. The molecule has 8 heteroatoms. The van der Waals surface area contributed by atoms with Gasteiger partial charge in [0.25, 0.3) is 5.91 Å². The molecule has 1 unspecified atom stereocenters. The van der Waals surface area contributed by atoms with E-state index in [0.29, 0.717) is 29.2 Å². The van der Waals surface area contributed by atoms with Crippen LogP contribution in [0.4, 0.5) is 4.79 Å². The minimum atomic E-state index is 0.0703. The van der Waals surface area contributed by atoms with Crippen LogP contribution >= 0.6 is 0 Å². The summed E-state index contributed by atoms with van der Waals surface area (Å²) in [5.41, 5.74) is 3.64. The summed E-state index contributed by atoms with van der Waals surface area (Å²) in [6.07, 6.45) is 4.77. The van der Waals surface area contributed by atoms with Crippen molar-refractivity contribution in [1.29, 1.82) is 0 Å². The van der Waals surface area contributed by atoms with E-state index in [4.69, 9.17) is 0 Å². The van der Waals surface area contributed by atoms with Gasteiger partial charge < -0.3 is 20.0 Å². The number of likely N-dealkylation sites (tertiary alicyclic amines) is 3. The van der Waals surface area contributed by atoms with Gasteiger partial charge in [-0.15, -0.1) is 0 Å². The first kappa shape index (κ1) is 27.6. The predicted octanol–water partition coefficient (Wildman–Crippen LogP) is 4.10. The quantitative estimate of drug-likeness (QED) is 0.581. The highest BCUT2D eigenvalue weighted by atomic mass is 16.2. The first-order chi connectivity index (χ1) is 18.8. The minimum absolute atomic E-state index is 0.0703. The number of nitrogens with zero attached hydrogens (tertiary/aromatic N) is 5. The zero-order valence-electron chi connectivity index (χ0n) is 24.0. The molecule has 8 nitrogen and oxygen atoms in total. The molecule has 2 aromatic rings. The van der Waals surface area contributed by atoms with Crippen LogP contribution < -0.4 is 5.32 Å². The van der Waals surface area contributed by atoms with Crippen molar-refractivity contribution in [3.05, 3.63) is 59.2 Å². The molecule has 39 heavy (non-hydrogen) atoms. The van der Waals surface area contributed by atoms with Gasteiger partial charge in [0.2, 0.25) is 0 Å². The molecule has 210 valence electrons. The van der Waals surface area contributed by atoms with Crippen LogP contribution in [0.15, 0.2) is 36.7 Å². The molecule has 1 aromatic heterocycles. The molecular formula is C31H44N6O2. The normalized spacial score (nSPS) is 22.8. The second-order valence-corrected chi connectivity index (χ2v) is 12.1. The summed E-state index contributed by atoms with van der Waals surface area (Å²) in [5.74, 6) is 2.26. The summed E-state index contributed by atoms with van der Waals surface area (Å²) in [5, 5.41) is 3.04. The maximum absolute atomic E-state index is 13.3. The van der Waals surface area contributed by atoms with Gasteiger partial charge in [0.05, 0.1) is 17.0 Å². The van der Waals surface area contributed by atoms with E-state index in [9.17, 15) is 9.59 Å². The molecule has 1 N–H and O–H groups in total. The van der Waals surface area contributed by atoms with Crippen molar-refractivity contribution in [3.63, 3.8) is 0 Å². The Hall–Kier alpha value is -3.00. The van der Waals surface area contributed by atoms with Gasteiger partial charge >= 0.3 is 6.03 Å². The lowest BCUT2D eigenvalue weighted by molar-refractivity contribution is 0.0770. The molecule has 5 rings (SSSR count). The lowest BCUT2D eigenvalue weighted by Gasteiger charge is -2.37. The maximum atomic E-state index is 13.3. The zero-order chi connectivity index (χ0) is 27.5. The Morgan fingerprint density at radius 1 is 0.923 bits per heavy atom. The minimum Gasteiger partial charge on any atom is -0.338 e. The van der Waals surface area contributed by atoms with Crippen molar-refractivity contribution in [2.45, 2.75) is 58.9 Å². The Labute approximate surface area is 233 Å². The molecule has 0 aliphatic carbocycles. The fourth-order valence-corrected chi connectivity index (χ4v) is 7.04. The number of rotatable bonds is 7. The van der Waals surface area contributed by atoms with Gasteiger partial charge in [0, 0.05) is 45.3 Å². The molecule has 0 saturated carbocycles. The summed E-state index contributed by atoms with van der Waals surface area (Å²) in [4.78, 5) is 40.9. The fourth-order valence-electron chi connectivity index (χ4n) is 7.04. The molecule has 4 heterocycles. The second kappa shape index (κ2) is 12.0. The Kier molecular flexibility index (Phi) is 8.50. The molecule has 3 aliphatic rings. The number of urea groups is 1. The largest absolute Gasteiger partial charge is 0.338 e. The van der Waals surface area contributed by atoms with Gasteiger partial charge in [-0.05, 0) is 82.7 Å². The van der Waals surface area contributed by atoms with Crippen LogP contribution in [-0.2, 0) is 0 Å². The molecule has 0 bridgehead atoms. The number of nitrogens with one attached hydrogen (secondary N) is 1. The summed E-state index contributed by atoms with van der Waals surface area (Å²) >= 11 is 0. The van der Waals surface area contributed by atoms with E-state index in [1.807, 2.05) is 37.5 Å². The highest BCUT2D eigenvalue weighted by Gasteiger charge is 2.42. The standard InChI is InChI=1S/C31H44N6O2/c1-21(2)34-31(39)36-14-10-25(11-15-36)28(24-8-6-5-7-9-24)12-13-35-16-26-18-37(19-27(26)17-35)30(38)29-22(3)32-20-33-23(29)4/h5-9,20-21,25-28H,10-19H2,1-4H3,(H,34,39)/t26-,27+,28?. The van der Waals surface area contributed by atoms with Gasteiger partial charge in [-0.3, -0.25) is 4.79 Å². The SMILES string of the molecule is Cc1ncnc(C)c1C(=O)N1C[C@H]2CN(CCC(c3ccccc3)C3CCN(C(=O)NC(C)C)CC3)C[C@H]2C1. The number of benzene rings is 1. The zero-order valence-corrected chi connectivity index (χ0v) is 24.0. The van der Waals surface area contributed by atoms with Gasteiger partial charge in [-0.1, -0.05) is 30.3 Å². The van der Waals surface area contributed by atoms with E-state index in [2.05, 4.69) is 50.5 Å². The smallest absolute Gasteiger partial charge is 0.317 e. The molecular weight excluding hydrogens is 488 g/mol. The van der Waals surface area contributed by atoms with Crippen molar-refractivity contribution >= 4 is 11.9 Å². The van der Waals surface area contributed by atoms with Crippen LogP contribution in [-0.4, -0.2) is 88.5 Å². The lowest BCUT2D eigenvalue weighted by Crippen LogP contribution is -2.47. The third-order valence-electron chi connectivity index (χ3n) is 9.08. The highest BCUT2D eigenvalue weighted by Crippen LogP contribution is 2.37. The fraction of sp³-hybridized carbons (Fsp3) is 0.613. The van der Waals surface area contributed by atoms with E-state index < -0.39 is 0 Å². The van der Waals surface area contributed by atoms with Crippen LogP contribution in [0.2, 0.25) is 0 Å². The number of amides is 3. The van der Waals surface area contributed by atoms with Crippen LogP contribution in [0.3, 0.4) is 0 Å². The van der Waals surface area contributed by atoms with E-state index in [1.165, 1.54) is 11.9 Å². The van der Waals surface area contributed by atoms with E-state index >= 15 is 0 Å². The molecule has 1 aromatic carbocycles. The van der Waals surface area contributed by atoms with E-state index in [-0.39, 0.29) is 18.0 Å². The summed E-state index contributed by atoms with van der Waals surface area (Å²) in [6.45, 7) is 14.3. The Bertz CT molecular complexity index is 1110. The predicted molar refractivity (Wildman–Crippen MR) is 153 cm³/mol. The number of hydrogen-bond donors (Lipinski definition) is 1. The topological polar surface area (TPSA) is 81.7 Å². The Morgan fingerprint density at radius 3 is 2.13 bits per heavy atom. The average Bonchev–Trinajstić information content (AvgIpc) is 3.48. The molecule has 0 radical (unpaired) electrons. The van der Waals surface area contributed by atoms with E-state index in [1.54, 1.807) is 0 Å². The van der Waals surface area contributed by atoms with Crippen molar-refractivity contribution < 1.29 is 9.59 Å². The van der Waals surface area contributed by atoms with Crippen LogP contribution in [0.1, 0.15) is 66.3 Å². The average molecular weight is 533 g/mol. The van der Waals surface area contributed by atoms with Crippen molar-refractivity contribution in [2.24, 2.45) is 17.8 Å². The monoisotopic (exact) mass is 532 g/mol. The van der Waals surface area contributed by atoms with Gasteiger partial charge in [0.1, 0.15) is 6.33 Å². The molecule has 3 aliphatic heterocycles. The van der Waals surface area contributed by atoms with Crippen molar-refractivity contribution in [1.82, 2.24) is 30.0 Å². The number of carbonyl (C=O) groups excluding carboxylic acids is 2. The molecule has 3 fully saturated rings. The first-order valence-electron chi connectivity index (χ1n) is 14.7. The van der Waals surface area contributed by atoms with Crippen LogP contribution in [0.5, 0.6) is 0 Å². The third kappa shape index (κ3) is 6.26. The highest BCUT2D eigenvalue weighted by molar-refractivity contribution is 5.96. The van der Waals surface area contributed by atoms with Crippen LogP contribution in [0, 0.1) is 31.6 Å². The maximum Gasteiger partial charge on any atom is 0.317 e. The Morgan fingerprint density at radius 2 is 1.54 bits per heavy atom. The number of hydrogen-bond acceptors (Lipinski definition) is 5. The first-order valence-corrected chi connectivity index (χ1v) is 14.7. The lowest BCUT2D eigenvalue weighted by atomic mass is 9.78. The Balaban J connectivity index is 1.16. The van der Waals surface area contributed by atoms with Gasteiger partial charge in [-0.25, -0.2) is 14.8 Å². The summed E-state index contributed by atoms with van der Waals surface area (Å²) in [7, 11) is 0. The summed E-state index contributed by atoms with van der Waals surface area (Å²) < 4.78 is 0. The van der Waals surface area contributed by atoms with Crippen molar-refractivity contribution in [3.8, 4) is 0 Å². The van der Waals surface area contributed by atoms with Gasteiger partial charge in [0.15, 0.2) is 0 Å².